The molecular weight excluding hydrogens is 370 g/mol. The van der Waals surface area contributed by atoms with Crippen molar-refractivity contribution in [3.63, 3.8) is 0 Å². The molecule has 3 aromatic rings. The van der Waals surface area contributed by atoms with Crippen LogP contribution in [-0.4, -0.2) is 71.8 Å². The Morgan fingerprint density at radius 3 is 3.07 bits per heavy atom. The molecular formula is C15H19N9O4. The molecule has 4 heterocycles. The molecule has 3 atom stereocenters. The Bertz CT molecular complexity index is 973. The number of ether oxygens (including phenoxy) is 1. The van der Waals surface area contributed by atoms with Gasteiger partial charge in [-0.2, -0.15) is 15.4 Å². The van der Waals surface area contributed by atoms with Crippen LogP contribution in [-0.2, 0) is 14.4 Å². The van der Waals surface area contributed by atoms with Crippen LogP contribution >= 0.6 is 0 Å². The van der Waals surface area contributed by atoms with Crippen molar-refractivity contribution in [2.24, 2.45) is 0 Å². The molecule has 28 heavy (non-hydrogen) atoms. The van der Waals surface area contributed by atoms with Gasteiger partial charge in [0.25, 0.3) is 0 Å². The summed E-state index contributed by atoms with van der Waals surface area (Å²) in [7, 11) is 1.51. The Kier molecular flexibility index (Phi) is 4.85. The smallest absolute Gasteiger partial charge is 0.249 e. The number of aromatic nitrogens is 7. The van der Waals surface area contributed by atoms with Crippen molar-refractivity contribution in [3.05, 3.63) is 12.5 Å². The molecule has 0 aromatic carbocycles. The number of carbonyl (C=O) groups excluding carboxylic acids is 1. The summed E-state index contributed by atoms with van der Waals surface area (Å²) in [6, 6.07) is 0. The summed E-state index contributed by atoms with van der Waals surface area (Å²) in [5, 5.41) is 23.2. The number of hydrogen-bond donors (Lipinski definition) is 4. The zero-order valence-corrected chi connectivity index (χ0v) is 15.2. The zero-order valence-electron chi connectivity index (χ0n) is 15.2. The van der Waals surface area contributed by atoms with Gasteiger partial charge in [0.05, 0.1) is 19.1 Å². The number of hydrogen-bond acceptors (Lipinski definition) is 10. The van der Waals surface area contributed by atoms with Gasteiger partial charge < -0.3 is 15.2 Å². The molecule has 13 nitrogen and oxygen atoms in total. The van der Waals surface area contributed by atoms with E-state index in [1.165, 1.54) is 19.6 Å². The summed E-state index contributed by atoms with van der Waals surface area (Å²) in [4.78, 5) is 30.3. The van der Waals surface area contributed by atoms with E-state index in [4.69, 9.17) is 9.57 Å². The van der Waals surface area contributed by atoms with E-state index >= 15 is 0 Å². The molecule has 4 N–H and O–H groups in total. The quantitative estimate of drug-likeness (QED) is 0.399. The number of nitrogens with one attached hydrogen (secondary N) is 3. The van der Waals surface area contributed by atoms with Gasteiger partial charge in [-0.25, -0.2) is 20.4 Å². The number of aliphatic hydroxyl groups is 1. The average Bonchev–Trinajstić information content (AvgIpc) is 3.44. The molecule has 1 aliphatic heterocycles. The standard InChI is InChI=1S/C15H19N9O4/c1-3-27-22-12-10-13(20-11(19-12)7-5-18-23-21-7)24(6-17-10)15-8(25)4-9(28-15)14(26)16-2/h5-6,8-9,15,25H,3-4H2,1-2H3,(H,16,26)(H,18,21,23)(H,19,20,22)/t8-,9+,15?/m1/s1. The van der Waals surface area contributed by atoms with E-state index in [9.17, 15) is 9.90 Å². The Morgan fingerprint density at radius 1 is 1.50 bits per heavy atom. The van der Waals surface area contributed by atoms with E-state index in [-0.39, 0.29) is 18.2 Å². The third-order valence-electron chi connectivity index (χ3n) is 4.28. The lowest BCUT2D eigenvalue weighted by Crippen LogP contribution is -2.31. The molecule has 1 aliphatic rings. The van der Waals surface area contributed by atoms with Gasteiger partial charge in [-0.1, -0.05) is 0 Å². The van der Waals surface area contributed by atoms with Gasteiger partial charge in [0, 0.05) is 13.5 Å². The lowest BCUT2D eigenvalue weighted by Gasteiger charge is -2.17. The van der Waals surface area contributed by atoms with E-state index in [1.807, 2.05) is 6.92 Å². The highest BCUT2D eigenvalue weighted by Crippen LogP contribution is 2.33. The molecule has 1 unspecified atom stereocenters. The van der Waals surface area contributed by atoms with E-state index in [2.05, 4.69) is 41.2 Å². The highest BCUT2D eigenvalue weighted by molar-refractivity contribution is 5.84. The fourth-order valence-electron chi connectivity index (χ4n) is 2.97. The predicted octanol–water partition coefficient (Wildman–Crippen LogP) is -0.631. The molecule has 1 fully saturated rings. The summed E-state index contributed by atoms with van der Waals surface area (Å²) in [5.74, 6) is 0.307. The molecule has 0 spiro atoms. The summed E-state index contributed by atoms with van der Waals surface area (Å²) >= 11 is 0. The highest BCUT2D eigenvalue weighted by Gasteiger charge is 2.39. The fraction of sp³-hybridized carbons (Fsp3) is 0.467. The summed E-state index contributed by atoms with van der Waals surface area (Å²) in [6.07, 6.45) is 0.619. The second kappa shape index (κ2) is 7.46. The van der Waals surface area contributed by atoms with Gasteiger partial charge in [0.1, 0.15) is 17.9 Å². The Morgan fingerprint density at radius 2 is 2.36 bits per heavy atom. The lowest BCUT2D eigenvalue weighted by molar-refractivity contribution is -0.134. The van der Waals surface area contributed by atoms with Crippen molar-refractivity contribution in [1.82, 2.24) is 40.2 Å². The first-order valence-electron chi connectivity index (χ1n) is 8.66. The van der Waals surface area contributed by atoms with Crippen LogP contribution in [0, 0.1) is 0 Å². The number of amides is 1. The van der Waals surface area contributed by atoms with E-state index < -0.39 is 18.4 Å². The van der Waals surface area contributed by atoms with Gasteiger partial charge in [-0.15, -0.1) is 0 Å². The largest absolute Gasteiger partial charge is 0.388 e. The number of anilines is 1. The average molecular weight is 389 g/mol. The number of fused-ring (bicyclic) bond motifs is 1. The maximum absolute atomic E-state index is 11.9. The molecule has 0 aliphatic carbocycles. The van der Waals surface area contributed by atoms with Crippen LogP contribution in [0.5, 0.6) is 0 Å². The minimum Gasteiger partial charge on any atom is -0.388 e. The van der Waals surface area contributed by atoms with Gasteiger partial charge in [-0.3, -0.25) is 14.2 Å². The monoisotopic (exact) mass is 389 g/mol. The number of rotatable bonds is 6. The Balaban J connectivity index is 1.77. The first-order chi connectivity index (χ1) is 13.6. The fourth-order valence-corrected chi connectivity index (χ4v) is 2.97. The summed E-state index contributed by atoms with van der Waals surface area (Å²) in [6.45, 7) is 2.23. The summed E-state index contributed by atoms with van der Waals surface area (Å²) < 4.78 is 7.31. The van der Waals surface area contributed by atoms with E-state index in [0.717, 1.165) is 0 Å². The number of aliphatic hydroxyl groups excluding tert-OH is 1. The van der Waals surface area contributed by atoms with Crippen LogP contribution in [0.3, 0.4) is 0 Å². The minimum absolute atomic E-state index is 0.162. The van der Waals surface area contributed by atoms with Crippen molar-refractivity contribution in [2.45, 2.75) is 31.8 Å². The molecule has 1 saturated heterocycles. The van der Waals surface area contributed by atoms with Gasteiger partial charge in [-0.05, 0) is 6.92 Å². The number of imidazole rings is 1. The minimum atomic E-state index is -0.909. The third kappa shape index (κ3) is 3.15. The van der Waals surface area contributed by atoms with Crippen molar-refractivity contribution < 1.29 is 19.5 Å². The van der Waals surface area contributed by atoms with E-state index in [0.29, 0.717) is 29.3 Å². The van der Waals surface area contributed by atoms with Gasteiger partial charge in [0.2, 0.25) is 5.91 Å². The zero-order chi connectivity index (χ0) is 19.7. The molecule has 1 amide bonds. The van der Waals surface area contributed by atoms with Crippen LogP contribution in [0.15, 0.2) is 12.5 Å². The molecule has 0 radical (unpaired) electrons. The number of H-pyrrole nitrogens is 1. The van der Waals surface area contributed by atoms with Crippen LogP contribution < -0.4 is 10.8 Å². The third-order valence-corrected chi connectivity index (χ3v) is 4.28. The normalized spacial score (nSPS) is 21.9. The first kappa shape index (κ1) is 18.2. The van der Waals surface area contributed by atoms with Crippen molar-refractivity contribution in [2.75, 3.05) is 19.1 Å². The predicted molar refractivity (Wildman–Crippen MR) is 94.5 cm³/mol. The SMILES string of the molecule is CCONc1nc(-c2cn[nH]n2)nc2c1ncn2C1O[C@H](C(=O)NC)C[C@H]1O. The van der Waals surface area contributed by atoms with Crippen molar-refractivity contribution in [1.29, 1.82) is 0 Å². The van der Waals surface area contributed by atoms with E-state index in [1.54, 1.807) is 4.57 Å². The second-order valence-electron chi connectivity index (χ2n) is 6.04. The number of carbonyl (C=O) groups is 1. The molecule has 13 heteroatoms. The topological polar surface area (TPSA) is 165 Å². The van der Waals surface area contributed by atoms with Crippen molar-refractivity contribution >= 4 is 22.9 Å². The summed E-state index contributed by atoms with van der Waals surface area (Å²) in [5.41, 5.74) is 3.96. The lowest BCUT2D eigenvalue weighted by atomic mass is 10.2. The maximum Gasteiger partial charge on any atom is 0.249 e. The molecule has 0 saturated carbocycles. The molecule has 148 valence electrons. The van der Waals surface area contributed by atoms with Gasteiger partial charge in [0.15, 0.2) is 29.0 Å². The first-order valence-corrected chi connectivity index (χ1v) is 8.66. The Hall–Kier alpha value is -3.16. The van der Waals surface area contributed by atoms with Gasteiger partial charge >= 0.3 is 0 Å². The Labute approximate surface area is 158 Å². The number of likely N-dealkylation sites (N-methyl/N-ethyl adjacent to an activating group) is 1. The van der Waals surface area contributed by atoms with Crippen molar-refractivity contribution in [3.8, 4) is 11.5 Å². The molecule has 0 bridgehead atoms. The van der Waals surface area contributed by atoms with Crippen LogP contribution in [0.1, 0.15) is 19.6 Å². The van der Waals surface area contributed by atoms with Crippen LogP contribution in [0.25, 0.3) is 22.7 Å². The highest BCUT2D eigenvalue weighted by atomic mass is 16.6. The maximum atomic E-state index is 11.9. The number of nitrogens with zero attached hydrogens (tertiary/aromatic N) is 6. The number of aromatic amines is 1. The second-order valence-corrected chi connectivity index (χ2v) is 6.04. The van der Waals surface area contributed by atoms with Crippen LogP contribution in [0.4, 0.5) is 5.82 Å². The molecule has 3 aromatic heterocycles. The molecule has 4 rings (SSSR count). The van der Waals surface area contributed by atoms with Crippen LogP contribution in [0.2, 0.25) is 0 Å².